The number of carbonyl (C=O) groups excluding carboxylic acids is 6. The van der Waals surface area contributed by atoms with Crippen LogP contribution in [0.15, 0.2) is 60.7 Å². The molecule has 15 heteroatoms. The van der Waals surface area contributed by atoms with E-state index in [1.165, 1.54) is 30.3 Å². The smallest absolute Gasteiger partial charge is 0.269 e. The number of nitro groups is 1. The standard InChI is InChI=1S/C30H37N7O8/c1-18(2)14-22(28(32)41)34-27(40)17-33-29(42)23(15-20-6-4-3-5-7-20)36-30(43)24(16-25(31)38)35-26(39)13-10-19-8-11-21(12-9-19)37(44)45/h3-13,18,22-24H,14-17H2,1-2H3,(H2,31,38)(H2,32,41)(H,33,42)(H,34,40)(H,35,39)(H,36,43)/b13-10+/t22-,23-,24-/m0/s1. The van der Waals surface area contributed by atoms with Gasteiger partial charge in [0, 0.05) is 24.6 Å². The Morgan fingerprint density at radius 3 is 2.04 bits per heavy atom. The van der Waals surface area contributed by atoms with Gasteiger partial charge in [0.2, 0.25) is 35.4 Å². The molecule has 0 aliphatic heterocycles. The SMILES string of the molecule is CC(C)C[C@H](NC(=O)CNC(=O)[C@H](Cc1ccccc1)NC(=O)[C@H](CC(N)=O)NC(=O)/C=C/c1ccc([N+](=O)[O-])cc1)C(N)=O. The minimum atomic E-state index is -1.46. The van der Waals surface area contributed by atoms with Crippen molar-refractivity contribution in [3.8, 4) is 0 Å². The lowest BCUT2D eigenvalue weighted by atomic mass is 10.0. The number of hydrogen-bond donors (Lipinski definition) is 6. The molecule has 0 bridgehead atoms. The summed E-state index contributed by atoms with van der Waals surface area (Å²) in [6, 6.07) is 10.4. The fourth-order valence-corrected chi connectivity index (χ4v) is 4.09. The lowest BCUT2D eigenvalue weighted by Gasteiger charge is -2.23. The van der Waals surface area contributed by atoms with Gasteiger partial charge in [-0.2, -0.15) is 0 Å². The van der Waals surface area contributed by atoms with Crippen molar-refractivity contribution < 1.29 is 33.7 Å². The zero-order valence-corrected chi connectivity index (χ0v) is 24.9. The zero-order valence-electron chi connectivity index (χ0n) is 24.9. The Bertz CT molecular complexity index is 1410. The summed E-state index contributed by atoms with van der Waals surface area (Å²) in [4.78, 5) is 85.1. The maximum absolute atomic E-state index is 13.2. The fraction of sp³-hybridized carbons (Fsp3) is 0.333. The molecular formula is C30H37N7O8. The first-order valence-corrected chi connectivity index (χ1v) is 14.0. The molecule has 45 heavy (non-hydrogen) atoms. The number of nitrogens with one attached hydrogen (secondary N) is 4. The second-order valence-corrected chi connectivity index (χ2v) is 10.5. The third-order valence-electron chi connectivity index (χ3n) is 6.29. The van der Waals surface area contributed by atoms with Crippen molar-refractivity contribution >= 4 is 47.2 Å². The summed E-state index contributed by atoms with van der Waals surface area (Å²) in [5.74, 6) is -4.64. The topological polar surface area (TPSA) is 246 Å². The lowest BCUT2D eigenvalue weighted by Crippen LogP contribution is -2.56. The van der Waals surface area contributed by atoms with Crippen LogP contribution in [0.25, 0.3) is 6.08 Å². The van der Waals surface area contributed by atoms with Gasteiger partial charge in [0.15, 0.2) is 0 Å². The molecule has 2 aromatic rings. The highest BCUT2D eigenvalue weighted by molar-refractivity contribution is 5.99. The van der Waals surface area contributed by atoms with Crippen LogP contribution in [-0.2, 0) is 35.2 Å². The van der Waals surface area contributed by atoms with E-state index in [1.807, 2.05) is 13.8 Å². The molecular weight excluding hydrogens is 586 g/mol. The van der Waals surface area contributed by atoms with Gasteiger partial charge in [-0.15, -0.1) is 0 Å². The van der Waals surface area contributed by atoms with Gasteiger partial charge in [0.1, 0.15) is 18.1 Å². The summed E-state index contributed by atoms with van der Waals surface area (Å²) in [6.45, 7) is 3.19. The van der Waals surface area contributed by atoms with Gasteiger partial charge in [-0.3, -0.25) is 38.9 Å². The normalized spacial score (nSPS) is 12.9. The summed E-state index contributed by atoms with van der Waals surface area (Å²) in [6.07, 6.45) is 2.12. The van der Waals surface area contributed by atoms with Gasteiger partial charge in [0.25, 0.3) is 5.69 Å². The van der Waals surface area contributed by atoms with E-state index in [0.29, 0.717) is 17.5 Å². The third kappa shape index (κ3) is 13.1. The van der Waals surface area contributed by atoms with E-state index < -0.39 is 71.5 Å². The predicted molar refractivity (Wildman–Crippen MR) is 164 cm³/mol. The van der Waals surface area contributed by atoms with Crippen LogP contribution in [0.1, 0.15) is 37.8 Å². The van der Waals surface area contributed by atoms with Crippen molar-refractivity contribution in [2.24, 2.45) is 17.4 Å². The largest absolute Gasteiger partial charge is 0.370 e. The van der Waals surface area contributed by atoms with E-state index in [2.05, 4.69) is 21.3 Å². The maximum atomic E-state index is 13.2. The highest BCUT2D eigenvalue weighted by atomic mass is 16.6. The predicted octanol–water partition coefficient (Wildman–Crippen LogP) is -0.172. The molecule has 0 radical (unpaired) electrons. The van der Waals surface area contributed by atoms with Crippen molar-refractivity contribution in [1.82, 2.24) is 21.3 Å². The Labute approximate surface area is 259 Å². The Balaban J connectivity index is 2.14. The maximum Gasteiger partial charge on any atom is 0.269 e. The molecule has 0 spiro atoms. The monoisotopic (exact) mass is 623 g/mol. The van der Waals surface area contributed by atoms with E-state index >= 15 is 0 Å². The van der Waals surface area contributed by atoms with Crippen LogP contribution in [0.2, 0.25) is 0 Å². The number of primary amides is 2. The van der Waals surface area contributed by atoms with Gasteiger partial charge in [-0.05, 0) is 41.7 Å². The van der Waals surface area contributed by atoms with Gasteiger partial charge >= 0.3 is 0 Å². The molecule has 0 unspecified atom stereocenters. The minimum absolute atomic E-state index is 0.00538. The Morgan fingerprint density at radius 2 is 1.49 bits per heavy atom. The van der Waals surface area contributed by atoms with E-state index in [0.717, 1.165) is 6.08 Å². The van der Waals surface area contributed by atoms with Crippen LogP contribution in [0.3, 0.4) is 0 Å². The van der Waals surface area contributed by atoms with Crippen molar-refractivity contribution in [2.75, 3.05) is 6.54 Å². The molecule has 0 aromatic heterocycles. The number of nitrogens with zero attached hydrogens (tertiary/aromatic N) is 1. The molecule has 6 amide bonds. The Hall–Kier alpha value is -5.60. The van der Waals surface area contributed by atoms with Gasteiger partial charge < -0.3 is 32.7 Å². The highest BCUT2D eigenvalue weighted by Gasteiger charge is 2.28. The molecule has 3 atom stereocenters. The van der Waals surface area contributed by atoms with Gasteiger partial charge in [-0.25, -0.2) is 0 Å². The number of amides is 6. The van der Waals surface area contributed by atoms with E-state index in [-0.39, 0.29) is 18.0 Å². The van der Waals surface area contributed by atoms with Crippen molar-refractivity contribution in [3.63, 3.8) is 0 Å². The molecule has 2 aromatic carbocycles. The summed E-state index contributed by atoms with van der Waals surface area (Å²) >= 11 is 0. The Morgan fingerprint density at radius 1 is 0.844 bits per heavy atom. The van der Waals surface area contributed by atoms with E-state index in [1.54, 1.807) is 30.3 Å². The van der Waals surface area contributed by atoms with Crippen LogP contribution in [-0.4, -0.2) is 65.0 Å². The average molecular weight is 624 g/mol. The van der Waals surface area contributed by atoms with E-state index in [4.69, 9.17) is 11.5 Å². The molecule has 2 rings (SSSR count). The van der Waals surface area contributed by atoms with Crippen LogP contribution >= 0.6 is 0 Å². The number of hydrogen-bond acceptors (Lipinski definition) is 8. The zero-order chi connectivity index (χ0) is 33.5. The first kappa shape index (κ1) is 35.6. The van der Waals surface area contributed by atoms with Crippen LogP contribution < -0.4 is 32.7 Å². The molecule has 0 aliphatic carbocycles. The molecule has 0 aliphatic rings. The Kier molecular flexibility index (Phi) is 13.8. The number of rotatable bonds is 17. The number of nitrogens with two attached hydrogens (primary N) is 2. The quantitative estimate of drug-likeness (QED) is 0.0782. The number of non-ortho nitro benzene ring substituents is 1. The number of nitro benzene ring substituents is 1. The molecule has 15 nitrogen and oxygen atoms in total. The van der Waals surface area contributed by atoms with Crippen molar-refractivity contribution in [2.45, 2.75) is 51.2 Å². The second kappa shape index (κ2) is 17.5. The highest BCUT2D eigenvalue weighted by Crippen LogP contribution is 2.13. The van der Waals surface area contributed by atoms with Crippen molar-refractivity contribution in [3.05, 3.63) is 81.9 Å². The molecule has 8 N–H and O–H groups in total. The molecule has 0 heterocycles. The summed E-state index contributed by atoms with van der Waals surface area (Å²) in [5.41, 5.74) is 11.6. The van der Waals surface area contributed by atoms with Crippen molar-refractivity contribution in [1.29, 1.82) is 0 Å². The minimum Gasteiger partial charge on any atom is -0.370 e. The second-order valence-electron chi connectivity index (χ2n) is 10.5. The van der Waals surface area contributed by atoms with Gasteiger partial charge in [0.05, 0.1) is 17.9 Å². The summed E-state index contributed by atoms with van der Waals surface area (Å²) < 4.78 is 0. The van der Waals surface area contributed by atoms with Crippen LogP contribution in [0.4, 0.5) is 5.69 Å². The summed E-state index contributed by atoms with van der Waals surface area (Å²) in [5, 5.41) is 20.6. The van der Waals surface area contributed by atoms with E-state index in [9.17, 15) is 38.9 Å². The third-order valence-corrected chi connectivity index (χ3v) is 6.29. The average Bonchev–Trinajstić information content (AvgIpc) is 2.98. The first-order valence-electron chi connectivity index (χ1n) is 14.0. The fourth-order valence-electron chi connectivity index (χ4n) is 4.09. The molecule has 0 saturated carbocycles. The lowest BCUT2D eigenvalue weighted by molar-refractivity contribution is -0.384. The molecule has 0 fully saturated rings. The first-order chi connectivity index (χ1) is 21.2. The molecule has 240 valence electrons. The van der Waals surface area contributed by atoms with Crippen LogP contribution in [0, 0.1) is 16.0 Å². The van der Waals surface area contributed by atoms with Crippen LogP contribution in [0.5, 0.6) is 0 Å². The summed E-state index contributed by atoms with van der Waals surface area (Å²) in [7, 11) is 0. The van der Waals surface area contributed by atoms with Gasteiger partial charge in [-0.1, -0.05) is 44.2 Å². The number of carbonyl (C=O) groups is 6. The number of benzene rings is 2. The molecule has 0 saturated heterocycles.